The Morgan fingerprint density at radius 2 is 1.59 bits per heavy atom. The molecule has 7 rings (SSSR count). The van der Waals surface area contributed by atoms with Crippen molar-refractivity contribution in [2.75, 3.05) is 0 Å². The number of aromatic nitrogens is 6. The second kappa shape index (κ2) is 9.86. The normalized spacial score (nSPS) is 15.7. The van der Waals surface area contributed by atoms with Gasteiger partial charge in [-0.3, -0.25) is 9.78 Å². The summed E-state index contributed by atoms with van der Waals surface area (Å²) in [7, 11) is 0. The molecule has 0 aliphatic heterocycles. The van der Waals surface area contributed by atoms with E-state index in [9.17, 15) is 26.7 Å². The summed E-state index contributed by atoms with van der Waals surface area (Å²) in [6, 6.07) is 21.2. The number of carbonyl (C=O) groups is 1. The third-order valence-electron chi connectivity index (χ3n) is 7.66. The highest BCUT2D eigenvalue weighted by Crippen LogP contribution is 2.52. The van der Waals surface area contributed by atoms with Gasteiger partial charge in [-0.25, -0.2) is 18.7 Å². The summed E-state index contributed by atoms with van der Waals surface area (Å²) in [5.41, 5.74) is 1.83. The maximum atomic E-state index is 14.0. The van der Waals surface area contributed by atoms with Gasteiger partial charge in [0.1, 0.15) is 5.69 Å². The minimum atomic E-state index is -5.22. The predicted molar refractivity (Wildman–Crippen MR) is 149 cm³/mol. The summed E-state index contributed by atoms with van der Waals surface area (Å²) in [6.07, 6.45) is -0.385. The fourth-order valence-corrected chi connectivity index (χ4v) is 5.65. The number of carbonyl (C=O) groups excluding carboxylic acids is 1. The summed E-state index contributed by atoms with van der Waals surface area (Å²) in [5, 5.41) is 7.34. The van der Waals surface area contributed by atoms with Crippen LogP contribution in [0.15, 0.2) is 97.6 Å². The van der Waals surface area contributed by atoms with Crippen molar-refractivity contribution in [2.45, 2.75) is 30.5 Å². The van der Waals surface area contributed by atoms with E-state index in [1.54, 1.807) is 57.4 Å². The lowest BCUT2D eigenvalue weighted by Crippen LogP contribution is -2.61. The minimum Gasteiger partial charge on any atom is -0.338 e. The van der Waals surface area contributed by atoms with Crippen LogP contribution >= 0.6 is 0 Å². The molecule has 1 aliphatic rings. The molecule has 0 atom stereocenters. The van der Waals surface area contributed by atoms with Crippen LogP contribution in [0.25, 0.3) is 45.0 Å². The number of benzene rings is 2. The molecule has 1 aliphatic carbocycles. The van der Waals surface area contributed by atoms with Crippen LogP contribution in [0.2, 0.25) is 0 Å². The van der Waals surface area contributed by atoms with Crippen LogP contribution in [0.3, 0.4) is 0 Å². The van der Waals surface area contributed by atoms with E-state index < -0.39 is 36.4 Å². The first-order valence-corrected chi connectivity index (χ1v) is 13.5. The highest BCUT2D eigenvalue weighted by Gasteiger charge is 2.60. The summed E-state index contributed by atoms with van der Waals surface area (Å²) < 4.78 is 70.6. The highest BCUT2D eigenvalue weighted by atomic mass is 19.4. The van der Waals surface area contributed by atoms with Crippen LogP contribution in [0.4, 0.5) is 22.0 Å². The van der Waals surface area contributed by atoms with Crippen molar-refractivity contribution >= 4 is 22.5 Å². The zero-order chi connectivity index (χ0) is 30.7. The van der Waals surface area contributed by atoms with Gasteiger partial charge in [0.2, 0.25) is 5.82 Å². The Morgan fingerprint density at radius 3 is 2.25 bits per heavy atom. The van der Waals surface area contributed by atoms with E-state index in [4.69, 9.17) is 5.10 Å². The van der Waals surface area contributed by atoms with Gasteiger partial charge in [-0.05, 0) is 41.5 Å². The topological polar surface area (TPSA) is 89.7 Å². The fraction of sp³-hybridized carbons (Fsp3) is 0.161. The standard InChI is InChI=1S/C31H20F5N7O/c32-30(33)17-29(18-30,40-28(44)31(34,35)36)21-7-9-22(10-8-21)43-27-23-15-20(19-5-2-1-3-6-19)16-39-24(23)11-14-42(27)26(41-43)25-37-12-4-13-38-25/h1-16H,17-18H2/p+1. The molecular weight excluding hydrogens is 581 g/mol. The van der Waals surface area contributed by atoms with E-state index in [-0.39, 0.29) is 5.56 Å². The molecule has 1 amide bonds. The number of rotatable bonds is 5. The van der Waals surface area contributed by atoms with Crippen molar-refractivity contribution in [3.63, 3.8) is 0 Å². The number of alkyl halides is 5. The maximum absolute atomic E-state index is 14.0. The second-order valence-electron chi connectivity index (χ2n) is 10.6. The van der Waals surface area contributed by atoms with Gasteiger partial charge < -0.3 is 5.32 Å². The molecule has 1 fully saturated rings. The van der Waals surface area contributed by atoms with E-state index >= 15 is 0 Å². The minimum absolute atomic E-state index is 0.124. The molecule has 44 heavy (non-hydrogen) atoms. The van der Waals surface area contributed by atoms with Gasteiger partial charge in [0.15, 0.2) is 0 Å². The number of hydrogen-bond donors (Lipinski definition) is 1. The van der Waals surface area contributed by atoms with Crippen LogP contribution in [0.1, 0.15) is 18.4 Å². The molecule has 1 N–H and O–H groups in total. The van der Waals surface area contributed by atoms with E-state index in [0.717, 1.165) is 16.5 Å². The summed E-state index contributed by atoms with van der Waals surface area (Å²) in [6.45, 7) is 0. The number of halogens is 5. The molecule has 0 spiro atoms. The first-order valence-electron chi connectivity index (χ1n) is 13.5. The zero-order valence-corrected chi connectivity index (χ0v) is 22.6. The summed E-state index contributed by atoms with van der Waals surface area (Å²) >= 11 is 0. The van der Waals surface area contributed by atoms with Gasteiger partial charge in [-0.2, -0.15) is 17.6 Å². The first-order chi connectivity index (χ1) is 21.0. The van der Waals surface area contributed by atoms with Crippen molar-refractivity contribution in [1.29, 1.82) is 0 Å². The van der Waals surface area contributed by atoms with Gasteiger partial charge >= 0.3 is 17.9 Å². The van der Waals surface area contributed by atoms with Crippen LogP contribution in [-0.2, 0) is 10.3 Å². The Labute approximate surface area is 245 Å². The zero-order valence-electron chi connectivity index (χ0n) is 22.6. The molecule has 8 nitrogen and oxygen atoms in total. The molecule has 0 saturated heterocycles. The largest absolute Gasteiger partial charge is 0.471 e. The van der Waals surface area contributed by atoms with E-state index in [2.05, 4.69) is 15.0 Å². The monoisotopic (exact) mass is 602 g/mol. The molecule has 2 aromatic carbocycles. The van der Waals surface area contributed by atoms with Gasteiger partial charge in [-0.15, -0.1) is 0 Å². The smallest absolute Gasteiger partial charge is 0.338 e. The first kappa shape index (κ1) is 27.5. The number of hydrogen-bond acceptors (Lipinski definition) is 5. The molecule has 13 heteroatoms. The van der Waals surface area contributed by atoms with Crippen molar-refractivity contribution in [2.24, 2.45) is 0 Å². The van der Waals surface area contributed by atoms with Crippen LogP contribution in [0, 0.1) is 0 Å². The Bertz CT molecular complexity index is 2020. The quantitative estimate of drug-likeness (QED) is 0.206. The third kappa shape index (κ3) is 4.70. The number of amides is 1. The summed E-state index contributed by atoms with van der Waals surface area (Å²) in [4.78, 5) is 25.1. The molecule has 0 unspecified atom stereocenters. The molecule has 220 valence electrons. The Morgan fingerprint density at radius 1 is 0.886 bits per heavy atom. The lowest BCUT2D eigenvalue weighted by Gasteiger charge is -2.48. The van der Waals surface area contributed by atoms with Gasteiger partial charge in [-0.1, -0.05) is 47.1 Å². The Balaban J connectivity index is 1.39. The number of fused-ring (bicyclic) bond motifs is 3. The number of pyridine rings is 2. The molecular formula is C31H21F5N7O+. The molecule has 4 heterocycles. The lowest BCUT2D eigenvalue weighted by molar-refractivity contribution is -0.499. The van der Waals surface area contributed by atoms with Crippen molar-refractivity contribution in [3.05, 3.63) is 103 Å². The fourth-order valence-electron chi connectivity index (χ4n) is 5.65. The summed E-state index contributed by atoms with van der Waals surface area (Å²) in [5.74, 6) is -4.73. The van der Waals surface area contributed by atoms with Crippen LogP contribution in [0.5, 0.6) is 0 Å². The lowest BCUT2D eigenvalue weighted by atomic mass is 9.69. The number of nitrogens with one attached hydrogen (secondary N) is 1. The highest BCUT2D eigenvalue weighted by molar-refractivity contribution is 5.93. The SMILES string of the molecule is O=C(NC1(c2ccc(-n3nc(-c4ncccn4)[n+]4ccc5ncc(-c6ccccc6)cc5c34)cc2)CC(F)(F)C1)C(F)(F)F. The van der Waals surface area contributed by atoms with Crippen LogP contribution in [-0.4, -0.2) is 42.7 Å². The van der Waals surface area contributed by atoms with E-state index in [1.807, 2.05) is 42.5 Å². The van der Waals surface area contributed by atoms with Crippen LogP contribution < -0.4 is 9.72 Å². The van der Waals surface area contributed by atoms with E-state index in [0.29, 0.717) is 28.5 Å². The van der Waals surface area contributed by atoms with Crippen molar-refractivity contribution in [1.82, 2.24) is 30.0 Å². The second-order valence-corrected chi connectivity index (χ2v) is 10.6. The van der Waals surface area contributed by atoms with Crippen molar-refractivity contribution in [3.8, 4) is 28.5 Å². The molecule has 0 bridgehead atoms. The van der Waals surface area contributed by atoms with Gasteiger partial charge in [0.05, 0.1) is 27.7 Å². The Kier molecular flexibility index (Phi) is 6.16. The molecule has 6 aromatic rings. The van der Waals surface area contributed by atoms with Gasteiger partial charge in [0.25, 0.3) is 11.6 Å². The maximum Gasteiger partial charge on any atom is 0.471 e. The predicted octanol–water partition coefficient (Wildman–Crippen LogP) is 5.59. The molecule has 1 saturated carbocycles. The molecule has 0 radical (unpaired) electrons. The third-order valence-corrected chi connectivity index (χ3v) is 7.66. The van der Waals surface area contributed by atoms with E-state index in [1.165, 1.54) is 12.1 Å². The van der Waals surface area contributed by atoms with Crippen molar-refractivity contribution < 1.29 is 31.1 Å². The number of nitrogens with zero attached hydrogens (tertiary/aromatic N) is 6. The molecule has 4 aromatic heterocycles. The van der Waals surface area contributed by atoms with Gasteiger partial charge in [0, 0.05) is 37.0 Å². The average Bonchev–Trinajstić information content (AvgIpc) is 3.40. The average molecular weight is 603 g/mol. The Hall–Kier alpha value is -5.33.